The lowest BCUT2D eigenvalue weighted by atomic mass is 9.97. The predicted molar refractivity (Wildman–Crippen MR) is 144 cm³/mol. The van der Waals surface area contributed by atoms with Gasteiger partial charge < -0.3 is 10.1 Å². The van der Waals surface area contributed by atoms with Crippen molar-refractivity contribution in [1.29, 1.82) is 0 Å². The monoisotopic (exact) mass is 531 g/mol. The van der Waals surface area contributed by atoms with Crippen molar-refractivity contribution in [2.75, 3.05) is 12.0 Å². The molecule has 2 amide bonds. The van der Waals surface area contributed by atoms with Gasteiger partial charge in [0.25, 0.3) is 0 Å². The largest absolute Gasteiger partial charge is 0.465 e. The molecule has 3 aromatic carbocycles. The number of fused-ring (bicyclic) bond motifs is 1. The van der Waals surface area contributed by atoms with Gasteiger partial charge in [0, 0.05) is 16.8 Å². The van der Waals surface area contributed by atoms with Gasteiger partial charge in [-0.3, -0.25) is 14.5 Å². The fourth-order valence-corrected chi connectivity index (χ4v) is 4.16. The van der Waals surface area contributed by atoms with Crippen LogP contribution in [-0.2, 0) is 20.9 Å². The van der Waals surface area contributed by atoms with Gasteiger partial charge >= 0.3 is 5.97 Å². The van der Waals surface area contributed by atoms with E-state index in [1.807, 2.05) is 26.8 Å². The first-order valence-electron chi connectivity index (χ1n) is 12.5. The lowest BCUT2D eigenvalue weighted by Gasteiger charge is -2.35. The highest BCUT2D eigenvalue weighted by atomic mass is 19.1. The van der Waals surface area contributed by atoms with Gasteiger partial charge in [-0.1, -0.05) is 48.5 Å². The van der Waals surface area contributed by atoms with Crippen molar-refractivity contribution in [2.24, 2.45) is 0 Å². The number of amides is 2. The molecule has 1 atom stereocenters. The SMILES string of the molecule is CCC(C)(C)NC(=O)C(c1ccccc1F)N(C(=O)Cn1nnc2ccccc21)c1cccc(C(=O)OC)c1. The Morgan fingerprint density at radius 3 is 2.49 bits per heavy atom. The Balaban J connectivity index is 1.88. The summed E-state index contributed by atoms with van der Waals surface area (Å²) < 4.78 is 21.6. The van der Waals surface area contributed by atoms with E-state index in [0.29, 0.717) is 17.5 Å². The summed E-state index contributed by atoms with van der Waals surface area (Å²) in [5.41, 5.74) is 0.962. The standard InChI is InChI=1S/C29H30FN5O4/c1-5-29(2,3)31-27(37)26(21-13-6-7-14-22(21)30)35(20-12-10-11-19(17-20)28(38)39-4)25(36)18-34-24-16-9-8-15-23(24)32-33-34/h6-17,26H,5,18H2,1-4H3,(H,31,37). The average Bonchev–Trinajstić information content (AvgIpc) is 3.34. The number of hydrogen-bond donors (Lipinski definition) is 1. The maximum atomic E-state index is 15.3. The van der Waals surface area contributed by atoms with Crippen molar-refractivity contribution in [3.63, 3.8) is 0 Å². The molecule has 0 bridgehead atoms. The number of nitrogens with zero attached hydrogens (tertiary/aromatic N) is 4. The van der Waals surface area contributed by atoms with Gasteiger partial charge in [0.2, 0.25) is 11.8 Å². The Morgan fingerprint density at radius 1 is 1.05 bits per heavy atom. The lowest BCUT2D eigenvalue weighted by molar-refractivity contribution is -0.128. The molecule has 1 heterocycles. The van der Waals surface area contributed by atoms with Crippen LogP contribution < -0.4 is 10.2 Å². The van der Waals surface area contributed by atoms with Crippen LogP contribution in [0.4, 0.5) is 10.1 Å². The molecular formula is C29H30FN5O4. The van der Waals surface area contributed by atoms with E-state index in [1.54, 1.807) is 36.4 Å². The summed E-state index contributed by atoms with van der Waals surface area (Å²) in [6, 6.07) is 17.7. The van der Waals surface area contributed by atoms with Crippen molar-refractivity contribution >= 4 is 34.5 Å². The molecule has 0 saturated heterocycles. The fourth-order valence-electron chi connectivity index (χ4n) is 4.16. The molecule has 0 aliphatic carbocycles. The molecule has 9 nitrogen and oxygen atoms in total. The minimum Gasteiger partial charge on any atom is -0.465 e. The van der Waals surface area contributed by atoms with E-state index in [9.17, 15) is 14.4 Å². The number of nitrogens with one attached hydrogen (secondary N) is 1. The van der Waals surface area contributed by atoms with Gasteiger partial charge in [-0.05, 0) is 56.7 Å². The summed E-state index contributed by atoms with van der Waals surface area (Å²) >= 11 is 0. The highest BCUT2D eigenvalue weighted by Gasteiger charge is 2.37. The number of carbonyl (C=O) groups is 3. The molecule has 39 heavy (non-hydrogen) atoms. The third-order valence-corrected chi connectivity index (χ3v) is 6.57. The lowest BCUT2D eigenvalue weighted by Crippen LogP contribution is -2.51. The van der Waals surface area contributed by atoms with Crippen LogP contribution in [0.3, 0.4) is 0 Å². The maximum Gasteiger partial charge on any atom is 0.337 e. The third kappa shape index (κ3) is 5.95. The topological polar surface area (TPSA) is 106 Å². The van der Waals surface area contributed by atoms with E-state index >= 15 is 4.39 Å². The fraction of sp³-hybridized carbons (Fsp3) is 0.276. The Bertz CT molecular complexity index is 1520. The summed E-state index contributed by atoms with van der Waals surface area (Å²) in [5, 5.41) is 11.2. The van der Waals surface area contributed by atoms with Crippen LogP contribution >= 0.6 is 0 Å². The van der Waals surface area contributed by atoms with Crippen LogP contribution in [-0.4, -0.2) is 45.4 Å². The molecule has 4 rings (SSSR count). The van der Waals surface area contributed by atoms with E-state index in [-0.39, 0.29) is 23.4 Å². The van der Waals surface area contributed by atoms with Crippen LogP contribution in [0, 0.1) is 5.82 Å². The molecule has 4 aromatic rings. The highest BCUT2D eigenvalue weighted by molar-refractivity contribution is 6.02. The van der Waals surface area contributed by atoms with Gasteiger partial charge in [0.15, 0.2) is 0 Å². The molecule has 1 aromatic heterocycles. The van der Waals surface area contributed by atoms with Crippen molar-refractivity contribution < 1.29 is 23.5 Å². The summed E-state index contributed by atoms with van der Waals surface area (Å²) in [7, 11) is 1.25. The van der Waals surface area contributed by atoms with E-state index in [1.165, 1.54) is 47.0 Å². The zero-order valence-corrected chi connectivity index (χ0v) is 22.2. The van der Waals surface area contributed by atoms with E-state index in [2.05, 4.69) is 15.6 Å². The van der Waals surface area contributed by atoms with Crippen LogP contribution in [0.1, 0.15) is 49.2 Å². The first kappa shape index (κ1) is 27.4. The molecule has 0 aliphatic heterocycles. The third-order valence-electron chi connectivity index (χ3n) is 6.57. The van der Waals surface area contributed by atoms with Crippen LogP contribution in [0.15, 0.2) is 72.8 Å². The molecule has 0 aliphatic rings. The Morgan fingerprint density at radius 2 is 1.77 bits per heavy atom. The molecule has 0 saturated carbocycles. The van der Waals surface area contributed by atoms with Gasteiger partial charge in [-0.15, -0.1) is 5.10 Å². The number of carbonyl (C=O) groups excluding carboxylic acids is 3. The van der Waals surface area contributed by atoms with Crippen LogP contribution in [0.2, 0.25) is 0 Å². The number of halogens is 1. The summed E-state index contributed by atoms with van der Waals surface area (Å²) in [6.07, 6.45) is 0.597. The van der Waals surface area contributed by atoms with Gasteiger partial charge in [0.05, 0.1) is 18.2 Å². The van der Waals surface area contributed by atoms with Gasteiger partial charge in [0.1, 0.15) is 23.9 Å². The number of benzene rings is 3. The zero-order chi connectivity index (χ0) is 28.2. The first-order valence-corrected chi connectivity index (χ1v) is 12.5. The second kappa shape index (κ2) is 11.4. The maximum absolute atomic E-state index is 15.3. The normalized spacial score (nSPS) is 12.1. The second-order valence-corrected chi connectivity index (χ2v) is 9.69. The first-order chi connectivity index (χ1) is 18.6. The van der Waals surface area contributed by atoms with Crippen LogP contribution in [0.25, 0.3) is 11.0 Å². The van der Waals surface area contributed by atoms with Crippen molar-refractivity contribution in [2.45, 2.75) is 45.3 Å². The molecule has 0 spiro atoms. The minimum atomic E-state index is -1.40. The predicted octanol–water partition coefficient (Wildman–Crippen LogP) is 4.44. The summed E-state index contributed by atoms with van der Waals surface area (Å²) in [6.45, 7) is 5.30. The number of anilines is 1. The van der Waals surface area contributed by atoms with Gasteiger partial charge in [-0.25, -0.2) is 13.9 Å². The molecule has 10 heteroatoms. The number of para-hydroxylation sites is 1. The van der Waals surface area contributed by atoms with E-state index in [0.717, 1.165) is 0 Å². The summed E-state index contributed by atoms with van der Waals surface area (Å²) in [4.78, 5) is 41.5. The quantitative estimate of drug-likeness (QED) is 0.320. The van der Waals surface area contributed by atoms with E-state index < -0.39 is 35.2 Å². The Hall–Kier alpha value is -4.60. The molecule has 202 valence electrons. The molecular weight excluding hydrogens is 501 g/mol. The number of aromatic nitrogens is 3. The van der Waals surface area contributed by atoms with Crippen molar-refractivity contribution in [1.82, 2.24) is 20.3 Å². The Kier molecular flexibility index (Phi) is 8.04. The molecule has 1 unspecified atom stereocenters. The molecule has 0 radical (unpaired) electrons. The summed E-state index contributed by atoms with van der Waals surface area (Å²) in [5.74, 6) is -2.41. The highest BCUT2D eigenvalue weighted by Crippen LogP contribution is 2.31. The Labute approximate surface area is 225 Å². The molecule has 1 N–H and O–H groups in total. The number of rotatable bonds is 9. The van der Waals surface area contributed by atoms with Crippen LogP contribution in [0.5, 0.6) is 0 Å². The molecule has 0 fully saturated rings. The van der Waals surface area contributed by atoms with Crippen molar-refractivity contribution in [3.8, 4) is 0 Å². The second-order valence-electron chi connectivity index (χ2n) is 9.69. The zero-order valence-electron chi connectivity index (χ0n) is 22.2. The van der Waals surface area contributed by atoms with E-state index in [4.69, 9.17) is 4.74 Å². The number of esters is 1. The average molecular weight is 532 g/mol. The number of hydrogen-bond acceptors (Lipinski definition) is 6. The van der Waals surface area contributed by atoms with Crippen molar-refractivity contribution in [3.05, 3.63) is 89.7 Å². The minimum absolute atomic E-state index is 0.00201. The number of methoxy groups -OCH3 is 1. The smallest absolute Gasteiger partial charge is 0.337 e. The van der Waals surface area contributed by atoms with Gasteiger partial charge in [-0.2, -0.15) is 0 Å². The number of ether oxygens (including phenoxy) is 1.